The van der Waals surface area contributed by atoms with Crippen LogP contribution in [-0.4, -0.2) is 22.9 Å². The minimum Gasteiger partial charge on any atom is -0.297 e. The van der Waals surface area contributed by atoms with E-state index in [0.29, 0.717) is 23.7 Å². The summed E-state index contributed by atoms with van der Waals surface area (Å²) in [5, 5.41) is 20.4. The highest BCUT2D eigenvalue weighted by molar-refractivity contribution is 6.31. The van der Waals surface area contributed by atoms with Crippen molar-refractivity contribution >= 4 is 17.3 Å². The van der Waals surface area contributed by atoms with E-state index in [9.17, 15) is 10.1 Å². The zero-order valence-electron chi connectivity index (χ0n) is 10.4. The van der Waals surface area contributed by atoms with E-state index in [4.69, 9.17) is 16.9 Å². The van der Waals surface area contributed by atoms with Crippen molar-refractivity contribution < 1.29 is 4.92 Å². The van der Waals surface area contributed by atoms with E-state index in [1.165, 1.54) is 6.07 Å². The molecule has 5 nitrogen and oxygen atoms in total. The van der Waals surface area contributed by atoms with Gasteiger partial charge in [-0.1, -0.05) is 17.7 Å². The van der Waals surface area contributed by atoms with Crippen LogP contribution in [0.1, 0.15) is 18.4 Å². The van der Waals surface area contributed by atoms with E-state index in [1.54, 1.807) is 12.1 Å². The van der Waals surface area contributed by atoms with Crippen LogP contribution in [-0.2, 0) is 6.54 Å². The lowest BCUT2D eigenvalue weighted by atomic mass is 9.99. The van der Waals surface area contributed by atoms with Gasteiger partial charge in [0.05, 0.1) is 27.5 Å². The second-order valence-electron chi connectivity index (χ2n) is 4.70. The predicted octanol–water partition coefficient (Wildman–Crippen LogP) is 2.98. The van der Waals surface area contributed by atoms with Gasteiger partial charge in [0.15, 0.2) is 0 Å². The van der Waals surface area contributed by atoms with Crippen LogP contribution < -0.4 is 0 Å². The molecule has 1 fully saturated rings. The summed E-state index contributed by atoms with van der Waals surface area (Å²) in [5.74, 6) is 0.00953. The average molecular weight is 280 g/mol. The van der Waals surface area contributed by atoms with Crippen molar-refractivity contribution in [3.8, 4) is 6.07 Å². The van der Waals surface area contributed by atoms with Crippen molar-refractivity contribution in [2.75, 3.05) is 13.1 Å². The first-order chi connectivity index (χ1) is 9.11. The number of halogens is 1. The van der Waals surface area contributed by atoms with Crippen molar-refractivity contribution in [3.05, 3.63) is 38.9 Å². The molecule has 0 bridgehead atoms. The molecule has 0 spiro atoms. The summed E-state index contributed by atoms with van der Waals surface area (Å²) in [6.45, 7) is 1.92. The molecule has 0 saturated carbocycles. The number of piperidine rings is 1. The Morgan fingerprint density at radius 3 is 3.05 bits per heavy atom. The first-order valence-corrected chi connectivity index (χ1v) is 6.53. The van der Waals surface area contributed by atoms with Crippen LogP contribution in [0.5, 0.6) is 0 Å². The summed E-state index contributed by atoms with van der Waals surface area (Å²) >= 11 is 6.07. The number of rotatable bonds is 3. The minimum absolute atomic E-state index is 0.00953. The second kappa shape index (κ2) is 6.00. The van der Waals surface area contributed by atoms with E-state index in [0.717, 1.165) is 19.4 Å². The molecular weight excluding hydrogens is 266 g/mol. The van der Waals surface area contributed by atoms with E-state index < -0.39 is 4.92 Å². The van der Waals surface area contributed by atoms with Crippen LogP contribution in [0.2, 0.25) is 5.02 Å². The van der Waals surface area contributed by atoms with Gasteiger partial charge in [0.1, 0.15) is 0 Å². The molecule has 1 aliphatic heterocycles. The summed E-state index contributed by atoms with van der Waals surface area (Å²) in [5.41, 5.74) is 0.583. The lowest BCUT2D eigenvalue weighted by molar-refractivity contribution is -0.385. The molecule has 1 unspecified atom stereocenters. The summed E-state index contributed by atoms with van der Waals surface area (Å²) in [6.07, 6.45) is 1.84. The predicted molar refractivity (Wildman–Crippen MR) is 71.7 cm³/mol. The summed E-state index contributed by atoms with van der Waals surface area (Å²) in [7, 11) is 0. The van der Waals surface area contributed by atoms with Gasteiger partial charge < -0.3 is 0 Å². The highest BCUT2D eigenvalue weighted by atomic mass is 35.5. The van der Waals surface area contributed by atoms with Gasteiger partial charge in [-0.3, -0.25) is 15.0 Å². The Labute approximate surface area is 116 Å². The molecule has 2 rings (SSSR count). The molecule has 19 heavy (non-hydrogen) atoms. The third-order valence-corrected chi connectivity index (χ3v) is 3.71. The standard InChI is InChI=1S/C13H14ClN3O2/c14-12-4-1-5-13(17(18)19)11(12)9-16-6-2-3-10(7-15)8-16/h1,4-5,10H,2-3,6,8-9H2. The zero-order chi connectivity index (χ0) is 13.8. The first-order valence-electron chi connectivity index (χ1n) is 6.15. The quantitative estimate of drug-likeness (QED) is 0.630. The lowest BCUT2D eigenvalue weighted by Gasteiger charge is -2.29. The first kappa shape index (κ1) is 13.8. The SMILES string of the molecule is N#CC1CCCN(Cc2c(Cl)cccc2[N+](=O)[O-])C1. The van der Waals surface area contributed by atoms with Crippen molar-refractivity contribution in [1.82, 2.24) is 4.90 Å². The molecule has 1 heterocycles. The smallest absolute Gasteiger partial charge is 0.275 e. The molecule has 1 aromatic rings. The van der Waals surface area contributed by atoms with Gasteiger partial charge in [-0.05, 0) is 25.5 Å². The number of nitriles is 1. The van der Waals surface area contributed by atoms with Gasteiger partial charge in [0.2, 0.25) is 0 Å². The summed E-state index contributed by atoms with van der Waals surface area (Å²) in [6, 6.07) is 6.97. The van der Waals surface area contributed by atoms with Crippen LogP contribution in [0.3, 0.4) is 0 Å². The maximum atomic E-state index is 11.0. The molecule has 1 aliphatic rings. The molecule has 6 heteroatoms. The van der Waals surface area contributed by atoms with Gasteiger partial charge in [-0.25, -0.2) is 0 Å². The third kappa shape index (κ3) is 3.22. The summed E-state index contributed by atoms with van der Waals surface area (Å²) < 4.78 is 0. The normalized spacial score (nSPS) is 19.9. The Morgan fingerprint density at radius 2 is 2.37 bits per heavy atom. The van der Waals surface area contributed by atoms with Crippen LogP contribution in [0.15, 0.2) is 18.2 Å². The molecule has 1 aromatic carbocycles. The molecule has 0 radical (unpaired) electrons. The topological polar surface area (TPSA) is 70.2 Å². The Balaban J connectivity index is 2.19. The molecule has 0 aromatic heterocycles. The number of hydrogen-bond acceptors (Lipinski definition) is 4. The Morgan fingerprint density at radius 1 is 1.58 bits per heavy atom. The van der Waals surface area contributed by atoms with Crippen molar-refractivity contribution in [2.45, 2.75) is 19.4 Å². The number of nitro groups is 1. The van der Waals surface area contributed by atoms with Gasteiger partial charge >= 0.3 is 0 Å². The van der Waals surface area contributed by atoms with Gasteiger partial charge in [0.25, 0.3) is 5.69 Å². The molecule has 1 saturated heterocycles. The highest BCUT2D eigenvalue weighted by Crippen LogP contribution is 2.29. The Hall–Kier alpha value is -1.64. The van der Waals surface area contributed by atoms with Gasteiger partial charge in [0, 0.05) is 19.2 Å². The van der Waals surface area contributed by atoms with Gasteiger partial charge in [-0.2, -0.15) is 5.26 Å². The maximum Gasteiger partial charge on any atom is 0.275 e. The molecule has 1 atom stereocenters. The van der Waals surface area contributed by atoms with Crippen LogP contribution in [0.4, 0.5) is 5.69 Å². The van der Waals surface area contributed by atoms with Crippen molar-refractivity contribution in [3.63, 3.8) is 0 Å². The average Bonchev–Trinajstić information content (AvgIpc) is 2.41. The van der Waals surface area contributed by atoms with Crippen molar-refractivity contribution in [2.24, 2.45) is 5.92 Å². The zero-order valence-corrected chi connectivity index (χ0v) is 11.1. The Kier molecular flexibility index (Phi) is 4.35. The molecule has 0 N–H and O–H groups in total. The maximum absolute atomic E-state index is 11.0. The van der Waals surface area contributed by atoms with E-state index in [-0.39, 0.29) is 11.6 Å². The van der Waals surface area contributed by atoms with E-state index >= 15 is 0 Å². The van der Waals surface area contributed by atoms with E-state index in [2.05, 4.69) is 11.0 Å². The fourth-order valence-electron chi connectivity index (χ4n) is 2.40. The van der Waals surface area contributed by atoms with E-state index in [1.807, 2.05) is 0 Å². The minimum atomic E-state index is -0.410. The fourth-order valence-corrected chi connectivity index (χ4v) is 2.63. The molecule has 0 aliphatic carbocycles. The van der Waals surface area contributed by atoms with Gasteiger partial charge in [-0.15, -0.1) is 0 Å². The Bertz CT molecular complexity index is 527. The molecular formula is C13H14ClN3O2. The molecule has 0 amide bonds. The second-order valence-corrected chi connectivity index (χ2v) is 5.11. The number of benzene rings is 1. The number of likely N-dealkylation sites (tertiary alicyclic amines) is 1. The van der Waals surface area contributed by atoms with Crippen molar-refractivity contribution in [1.29, 1.82) is 5.26 Å². The molecule has 100 valence electrons. The van der Waals surface area contributed by atoms with Crippen LogP contribution in [0, 0.1) is 27.4 Å². The number of hydrogen-bond donors (Lipinski definition) is 0. The third-order valence-electron chi connectivity index (χ3n) is 3.36. The number of nitrogens with zero attached hydrogens (tertiary/aromatic N) is 3. The summed E-state index contributed by atoms with van der Waals surface area (Å²) in [4.78, 5) is 12.7. The van der Waals surface area contributed by atoms with Crippen LogP contribution in [0.25, 0.3) is 0 Å². The van der Waals surface area contributed by atoms with Crippen LogP contribution >= 0.6 is 11.6 Å². The highest BCUT2D eigenvalue weighted by Gasteiger charge is 2.23. The fraction of sp³-hybridized carbons (Fsp3) is 0.462. The number of nitro benzene ring substituents is 1. The lowest BCUT2D eigenvalue weighted by Crippen LogP contribution is -2.34. The largest absolute Gasteiger partial charge is 0.297 e. The monoisotopic (exact) mass is 279 g/mol.